The minimum absolute atomic E-state index is 0.113. The van der Waals surface area contributed by atoms with Gasteiger partial charge in [0.1, 0.15) is 17.3 Å². The highest BCUT2D eigenvalue weighted by atomic mass is 16.5. The molecule has 5 N–H and O–H groups in total. The fourth-order valence-corrected chi connectivity index (χ4v) is 3.82. The third-order valence-electron chi connectivity index (χ3n) is 5.41. The van der Waals surface area contributed by atoms with Gasteiger partial charge in [0, 0.05) is 28.9 Å². The van der Waals surface area contributed by atoms with Gasteiger partial charge in [-0.05, 0) is 48.0 Å². The fourth-order valence-electron chi connectivity index (χ4n) is 3.82. The van der Waals surface area contributed by atoms with Gasteiger partial charge in [0.05, 0.1) is 22.5 Å². The molecule has 3 aromatic carbocycles. The molecule has 0 saturated heterocycles. The molecule has 5 aromatic rings. The largest absolute Gasteiger partial charge is 0.457 e. The minimum Gasteiger partial charge on any atom is -0.457 e. The lowest BCUT2D eigenvalue weighted by atomic mass is 9.96. The Morgan fingerprint density at radius 3 is 2.27 bits per heavy atom. The van der Waals surface area contributed by atoms with Gasteiger partial charge in [0.15, 0.2) is 0 Å². The summed E-state index contributed by atoms with van der Waals surface area (Å²) in [5.41, 5.74) is 17.1. The summed E-state index contributed by atoms with van der Waals surface area (Å²) < 4.78 is 5.87. The number of aromatic nitrogens is 2. The number of nitrogens with zero attached hydrogens (tertiary/aromatic N) is 2. The quantitative estimate of drug-likeness (QED) is 0.247. The Kier molecular flexibility index (Phi) is 5.16. The Bertz CT molecular complexity index is 1460. The molecule has 0 amide bonds. The molecule has 0 fully saturated rings. The third kappa shape index (κ3) is 3.97. The summed E-state index contributed by atoms with van der Waals surface area (Å²) in [6.45, 7) is 0. The van der Waals surface area contributed by atoms with Crippen LogP contribution >= 0.6 is 0 Å². The average Bonchev–Trinajstić information content (AvgIpc) is 2.84. The third-order valence-corrected chi connectivity index (χ3v) is 5.41. The number of hydrogen-bond donors (Lipinski definition) is 3. The number of para-hydroxylation sites is 1. The topological polar surface area (TPSA) is 111 Å². The van der Waals surface area contributed by atoms with Crippen molar-refractivity contribution in [2.24, 2.45) is 5.73 Å². The first-order valence-electron chi connectivity index (χ1n) is 10.4. The van der Waals surface area contributed by atoms with Crippen molar-refractivity contribution >= 4 is 22.4 Å². The Morgan fingerprint density at radius 2 is 1.52 bits per heavy atom. The molecular formula is C27H21N5O. The molecule has 0 atom stereocenters. The number of nitrogens with one attached hydrogen (secondary N) is 1. The number of fused-ring (bicyclic) bond motifs is 1. The molecule has 6 heteroatoms. The van der Waals surface area contributed by atoms with E-state index < -0.39 is 0 Å². The SMILES string of the molecule is N=C(N)c1c(-c2ccc(Oc3ccccc3)cc2)cnc(-c2ccc3ncccc3c2)c1N. The first-order valence-corrected chi connectivity index (χ1v) is 10.4. The van der Waals surface area contributed by atoms with Gasteiger partial charge in [0.2, 0.25) is 0 Å². The Hall–Kier alpha value is -4.71. The molecule has 0 unspecified atom stereocenters. The van der Waals surface area contributed by atoms with Crippen LogP contribution in [0, 0.1) is 5.41 Å². The van der Waals surface area contributed by atoms with Gasteiger partial charge in [-0.2, -0.15) is 0 Å². The summed E-state index contributed by atoms with van der Waals surface area (Å²) in [6, 6.07) is 26.8. The summed E-state index contributed by atoms with van der Waals surface area (Å²) in [6.07, 6.45) is 3.47. The highest BCUT2D eigenvalue weighted by Gasteiger charge is 2.18. The van der Waals surface area contributed by atoms with Gasteiger partial charge in [-0.15, -0.1) is 0 Å². The van der Waals surface area contributed by atoms with Crippen molar-refractivity contribution in [3.8, 4) is 33.9 Å². The second kappa shape index (κ2) is 8.43. The highest BCUT2D eigenvalue weighted by Crippen LogP contribution is 2.35. The van der Waals surface area contributed by atoms with E-state index in [9.17, 15) is 0 Å². The van der Waals surface area contributed by atoms with Crippen LogP contribution in [0.5, 0.6) is 11.5 Å². The first-order chi connectivity index (χ1) is 16.1. The summed E-state index contributed by atoms with van der Waals surface area (Å²) in [5, 5.41) is 9.17. The van der Waals surface area contributed by atoms with Gasteiger partial charge in [-0.3, -0.25) is 15.4 Å². The van der Waals surface area contributed by atoms with Crippen molar-refractivity contribution in [2.75, 3.05) is 5.73 Å². The van der Waals surface area contributed by atoms with Crippen molar-refractivity contribution in [1.82, 2.24) is 9.97 Å². The van der Waals surface area contributed by atoms with Crippen molar-refractivity contribution in [3.05, 3.63) is 103 Å². The molecule has 0 radical (unpaired) electrons. The van der Waals surface area contributed by atoms with Crippen LogP contribution in [0.15, 0.2) is 97.3 Å². The second-order valence-corrected chi connectivity index (χ2v) is 7.57. The first kappa shape index (κ1) is 20.2. The van der Waals surface area contributed by atoms with E-state index in [0.717, 1.165) is 27.8 Å². The molecule has 0 saturated carbocycles. The highest BCUT2D eigenvalue weighted by molar-refractivity contribution is 6.08. The molecular weight excluding hydrogens is 410 g/mol. The van der Waals surface area contributed by atoms with Gasteiger partial charge in [0.25, 0.3) is 0 Å². The zero-order valence-electron chi connectivity index (χ0n) is 17.7. The molecule has 2 aromatic heterocycles. The molecule has 0 aliphatic rings. The Balaban J connectivity index is 1.53. The number of rotatable bonds is 5. The van der Waals surface area contributed by atoms with Crippen LogP contribution in [0.3, 0.4) is 0 Å². The smallest absolute Gasteiger partial charge is 0.127 e. The maximum Gasteiger partial charge on any atom is 0.127 e. The second-order valence-electron chi connectivity index (χ2n) is 7.57. The molecule has 0 aliphatic carbocycles. The maximum atomic E-state index is 8.18. The summed E-state index contributed by atoms with van der Waals surface area (Å²) in [5.74, 6) is 1.35. The van der Waals surface area contributed by atoms with E-state index in [4.69, 9.17) is 21.6 Å². The standard InChI is InChI=1S/C27H21N5O/c28-25-24(27(29)30)22(17-8-11-21(12-9-17)33-20-6-2-1-3-7-20)16-32-26(25)19-10-13-23-18(15-19)5-4-14-31-23/h1-16H,28H2,(H3,29,30). The van der Waals surface area contributed by atoms with Gasteiger partial charge < -0.3 is 16.2 Å². The molecule has 33 heavy (non-hydrogen) atoms. The zero-order chi connectivity index (χ0) is 22.8. The average molecular weight is 431 g/mol. The van der Waals surface area contributed by atoms with Crippen molar-refractivity contribution in [1.29, 1.82) is 5.41 Å². The molecule has 5 rings (SSSR count). The van der Waals surface area contributed by atoms with Crippen LogP contribution in [0.2, 0.25) is 0 Å². The number of hydrogen-bond acceptors (Lipinski definition) is 5. The van der Waals surface area contributed by atoms with E-state index in [1.807, 2.05) is 84.9 Å². The van der Waals surface area contributed by atoms with Crippen molar-refractivity contribution in [3.63, 3.8) is 0 Å². The number of pyridine rings is 2. The molecule has 0 bridgehead atoms. The van der Waals surface area contributed by atoms with Crippen molar-refractivity contribution < 1.29 is 4.74 Å². The van der Waals surface area contributed by atoms with Crippen LogP contribution < -0.4 is 16.2 Å². The van der Waals surface area contributed by atoms with Crippen LogP contribution in [-0.2, 0) is 0 Å². The lowest BCUT2D eigenvalue weighted by Crippen LogP contribution is -2.16. The van der Waals surface area contributed by atoms with Crippen LogP contribution in [0.25, 0.3) is 33.3 Å². The molecule has 0 spiro atoms. The summed E-state index contributed by atoms with van der Waals surface area (Å²) in [7, 11) is 0. The number of amidine groups is 1. The number of nitrogens with two attached hydrogens (primary N) is 2. The Morgan fingerprint density at radius 1 is 0.788 bits per heavy atom. The van der Waals surface area contributed by atoms with E-state index in [1.165, 1.54) is 0 Å². The number of ether oxygens (including phenoxy) is 1. The van der Waals surface area contributed by atoms with Gasteiger partial charge in [-0.1, -0.05) is 42.5 Å². The fraction of sp³-hybridized carbons (Fsp3) is 0. The van der Waals surface area contributed by atoms with Gasteiger partial charge >= 0.3 is 0 Å². The minimum atomic E-state index is -0.113. The Labute approximate surface area is 191 Å². The van der Waals surface area contributed by atoms with E-state index in [2.05, 4.69) is 9.97 Å². The number of nitrogen functional groups attached to an aromatic ring is 2. The predicted molar refractivity (Wildman–Crippen MR) is 132 cm³/mol. The van der Waals surface area contributed by atoms with Gasteiger partial charge in [-0.25, -0.2) is 0 Å². The van der Waals surface area contributed by atoms with E-state index >= 15 is 0 Å². The van der Waals surface area contributed by atoms with Crippen LogP contribution in [0.4, 0.5) is 5.69 Å². The van der Waals surface area contributed by atoms with E-state index in [0.29, 0.717) is 28.3 Å². The van der Waals surface area contributed by atoms with Crippen LogP contribution in [0.1, 0.15) is 5.56 Å². The maximum absolute atomic E-state index is 8.18. The summed E-state index contributed by atoms with van der Waals surface area (Å²) >= 11 is 0. The number of benzene rings is 3. The number of anilines is 1. The van der Waals surface area contributed by atoms with Crippen molar-refractivity contribution in [2.45, 2.75) is 0 Å². The monoisotopic (exact) mass is 431 g/mol. The van der Waals surface area contributed by atoms with Crippen LogP contribution in [-0.4, -0.2) is 15.8 Å². The molecule has 160 valence electrons. The zero-order valence-corrected chi connectivity index (χ0v) is 17.7. The summed E-state index contributed by atoms with van der Waals surface area (Å²) in [4.78, 5) is 8.99. The lowest BCUT2D eigenvalue weighted by Gasteiger charge is -2.15. The van der Waals surface area contributed by atoms with E-state index in [1.54, 1.807) is 12.4 Å². The predicted octanol–water partition coefficient (Wildman–Crippen LogP) is 5.62. The van der Waals surface area contributed by atoms with E-state index in [-0.39, 0.29) is 5.84 Å². The normalized spacial score (nSPS) is 10.8. The molecule has 2 heterocycles. The molecule has 6 nitrogen and oxygen atoms in total. The molecule has 0 aliphatic heterocycles. The lowest BCUT2D eigenvalue weighted by molar-refractivity contribution is 0.483.